The van der Waals surface area contributed by atoms with E-state index in [2.05, 4.69) is 15.3 Å². The fourth-order valence-electron chi connectivity index (χ4n) is 2.14. The fourth-order valence-corrected chi connectivity index (χ4v) is 2.14. The van der Waals surface area contributed by atoms with Gasteiger partial charge in [-0.15, -0.1) is 0 Å². The molecule has 0 radical (unpaired) electrons. The first kappa shape index (κ1) is 13.2. The first-order valence-electron chi connectivity index (χ1n) is 6.65. The molecule has 21 heavy (non-hydrogen) atoms. The van der Waals surface area contributed by atoms with Gasteiger partial charge in [0.1, 0.15) is 5.82 Å². The van der Waals surface area contributed by atoms with Crippen LogP contribution in [-0.2, 0) is 0 Å². The van der Waals surface area contributed by atoms with Gasteiger partial charge in [-0.1, -0.05) is 0 Å². The zero-order chi connectivity index (χ0) is 14.8. The van der Waals surface area contributed by atoms with Gasteiger partial charge in [0.2, 0.25) is 0 Å². The average molecular weight is 280 g/mol. The lowest BCUT2D eigenvalue weighted by Crippen LogP contribution is -2.15. The highest BCUT2D eigenvalue weighted by atomic mass is 16.1. The number of fused-ring (bicyclic) bond motifs is 1. The molecule has 0 saturated carbocycles. The zero-order valence-corrected chi connectivity index (χ0v) is 11.9. The van der Waals surface area contributed by atoms with Crippen molar-refractivity contribution in [2.45, 2.75) is 0 Å². The molecule has 3 rings (SSSR count). The molecule has 5 heteroatoms. The molecule has 0 aliphatic rings. The van der Waals surface area contributed by atoms with Crippen molar-refractivity contribution in [1.82, 2.24) is 9.97 Å². The summed E-state index contributed by atoms with van der Waals surface area (Å²) in [6.07, 6.45) is 3.52. The minimum absolute atomic E-state index is 0.143. The monoisotopic (exact) mass is 280 g/mol. The second kappa shape index (κ2) is 5.28. The fraction of sp³-hybridized carbons (Fsp3) is 0.125. The van der Waals surface area contributed by atoms with Crippen LogP contribution in [0.25, 0.3) is 10.9 Å². The Hall–Kier alpha value is -2.82. The van der Waals surface area contributed by atoms with Gasteiger partial charge in [0.05, 0.1) is 0 Å². The summed E-state index contributed by atoms with van der Waals surface area (Å²) in [4.78, 5) is 21.5. The molecular weight excluding hydrogens is 264 g/mol. The maximum Gasteiger partial charge on any atom is 0.255 e. The summed E-state index contributed by atoms with van der Waals surface area (Å²) in [6, 6.07) is 11.2. The molecule has 3 aromatic rings. The van der Waals surface area contributed by atoms with Crippen LogP contribution in [0.3, 0.4) is 0 Å². The predicted octanol–water partition coefficient (Wildman–Crippen LogP) is 2.88. The van der Waals surface area contributed by atoms with Crippen LogP contribution in [0, 0.1) is 0 Å². The van der Waals surface area contributed by atoms with Crippen LogP contribution in [0.2, 0.25) is 0 Å². The van der Waals surface area contributed by atoms with E-state index in [1.807, 2.05) is 49.5 Å². The molecule has 5 nitrogen and oxygen atoms in total. The number of benzene rings is 1. The summed E-state index contributed by atoms with van der Waals surface area (Å²) in [6.45, 7) is 0. The normalized spacial score (nSPS) is 10.6. The molecule has 1 amide bonds. The molecular formula is C16H16N4O. The van der Waals surface area contributed by atoms with E-state index in [-0.39, 0.29) is 5.91 Å². The maximum absolute atomic E-state index is 12.3. The number of pyridine rings is 1. The van der Waals surface area contributed by atoms with Crippen molar-refractivity contribution < 1.29 is 4.79 Å². The highest BCUT2D eigenvalue weighted by Gasteiger charge is 2.08. The number of carbonyl (C=O) groups is 1. The predicted molar refractivity (Wildman–Crippen MR) is 84.8 cm³/mol. The second-order valence-electron chi connectivity index (χ2n) is 5.03. The van der Waals surface area contributed by atoms with Gasteiger partial charge in [0.25, 0.3) is 5.91 Å². The van der Waals surface area contributed by atoms with Crippen molar-refractivity contribution in [3.05, 3.63) is 54.4 Å². The van der Waals surface area contributed by atoms with Gasteiger partial charge in [0, 0.05) is 48.6 Å². The highest BCUT2D eigenvalue weighted by molar-refractivity contribution is 6.05. The molecule has 2 aromatic heterocycles. The SMILES string of the molecule is CN(C)c1cc(C(=O)Nc2ccc3[nH]ccc3c2)ccn1. The van der Waals surface area contributed by atoms with Crippen molar-refractivity contribution in [3.8, 4) is 0 Å². The molecule has 0 unspecified atom stereocenters. The quantitative estimate of drug-likeness (QED) is 0.775. The standard InChI is InChI=1S/C16H16N4O/c1-20(2)15-10-12(6-8-18-15)16(21)19-13-3-4-14-11(9-13)5-7-17-14/h3-10,17H,1-2H3,(H,19,21). The molecule has 0 fully saturated rings. The third-order valence-corrected chi connectivity index (χ3v) is 3.28. The van der Waals surface area contributed by atoms with Crippen molar-refractivity contribution in [3.63, 3.8) is 0 Å². The molecule has 0 aliphatic carbocycles. The molecule has 0 atom stereocenters. The zero-order valence-electron chi connectivity index (χ0n) is 11.9. The summed E-state index contributed by atoms with van der Waals surface area (Å²) in [7, 11) is 3.79. The number of carbonyl (C=O) groups excluding carboxylic acids is 1. The number of aromatic amines is 1. The third-order valence-electron chi connectivity index (χ3n) is 3.28. The molecule has 2 N–H and O–H groups in total. The van der Waals surface area contributed by atoms with Crippen molar-refractivity contribution in [1.29, 1.82) is 0 Å². The van der Waals surface area contributed by atoms with E-state index in [9.17, 15) is 4.79 Å². The number of hydrogen-bond donors (Lipinski definition) is 2. The lowest BCUT2D eigenvalue weighted by molar-refractivity contribution is 0.102. The lowest BCUT2D eigenvalue weighted by atomic mass is 10.2. The van der Waals surface area contributed by atoms with Crippen LogP contribution in [-0.4, -0.2) is 30.0 Å². The van der Waals surface area contributed by atoms with E-state index in [1.165, 1.54) is 0 Å². The Labute approximate surface area is 122 Å². The van der Waals surface area contributed by atoms with Crippen LogP contribution in [0.5, 0.6) is 0 Å². The van der Waals surface area contributed by atoms with E-state index in [0.717, 1.165) is 22.4 Å². The van der Waals surface area contributed by atoms with Crippen LogP contribution in [0.15, 0.2) is 48.8 Å². The van der Waals surface area contributed by atoms with Crippen LogP contribution < -0.4 is 10.2 Å². The van der Waals surface area contributed by atoms with Gasteiger partial charge in [-0.25, -0.2) is 4.98 Å². The second-order valence-corrected chi connectivity index (χ2v) is 5.03. The Morgan fingerprint density at radius 3 is 2.86 bits per heavy atom. The summed E-state index contributed by atoms with van der Waals surface area (Å²) in [5, 5.41) is 3.97. The van der Waals surface area contributed by atoms with Crippen LogP contribution >= 0.6 is 0 Å². The van der Waals surface area contributed by atoms with Crippen molar-refractivity contribution >= 4 is 28.3 Å². The lowest BCUT2D eigenvalue weighted by Gasteiger charge is -2.12. The molecule has 0 spiro atoms. The number of anilines is 2. The molecule has 2 heterocycles. The number of H-pyrrole nitrogens is 1. The average Bonchev–Trinajstić information content (AvgIpc) is 2.95. The summed E-state index contributed by atoms with van der Waals surface area (Å²) >= 11 is 0. The van der Waals surface area contributed by atoms with Crippen LogP contribution in [0.1, 0.15) is 10.4 Å². The number of amides is 1. The van der Waals surface area contributed by atoms with Gasteiger partial charge in [-0.05, 0) is 36.4 Å². The van der Waals surface area contributed by atoms with Gasteiger partial charge >= 0.3 is 0 Å². The summed E-state index contributed by atoms with van der Waals surface area (Å²) in [5.41, 5.74) is 2.41. The Morgan fingerprint density at radius 2 is 2.05 bits per heavy atom. The van der Waals surface area contributed by atoms with Gasteiger partial charge in [0.15, 0.2) is 0 Å². The largest absolute Gasteiger partial charge is 0.363 e. The van der Waals surface area contributed by atoms with Crippen LogP contribution in [0.4, 0.5) is 11.5 Å². The molecule has 106 valence electrons. The smallest absolute Gasteiger partial charge is 0.255 e. The van der Waals surface area contributed by atoms with Gasteiger partial charge < -0.3 is 15.2 Å². The van der Waals surface area contributed by atoms with Crippen molar-refractivity contribution in [2.75, 3.05) is 24.3 Å². The Bertz CT molecular complexity index is 792. The summed E-state index contributed by atoms with van der Waals surface area (Å²) in [5.74, 6) is 0.610. The Kier molecular flexibility index (Phi) is 3.31. The Morgan fingerprint density at radius 1 is 1.19 bits per heavy atom. The first-order chi connectivity index (χ1) is 10.1. The maximum atomic E-state index is 12.3. The Balaban J connectivity index is 1.83. The molecule has 0 saturated heterocycles. The number of nitrogens with one attached hydrogen (secondary N) is 2. The minimum atomic E-state index is -0.143. The number of nitrogens with zero attached hydrogens (tertiary/aromatic N) is 2. The van der Waals surface area contributed by atoms with E-state index in [1.54, 1.807) is 18.3 Å². The first-order valence-corrected chi connectivity index (χ1v) is 6.65. The van der Waals surface area contributed by atoms with E-state index >= 15 is 0 Å². The number of aromatic nitrogens is 2. The summed E-state index contributed by atoms with van der Waals surface area (Å²) < 4.78 is 0. The number of hydrogen-bond acceptors (Lipinski definition) is 3. The highest BCUT2D eigenvalue weighted by Crippen LogP contribution is 2.19. The van der Waals surface area contributed by atoms with Gasteiger partial charge in [-0.3, -0.25) is 4.79 Å². The van der Waals surface area contributed by atoms with E-state index < -0.39 is 0 Å². The molecule has 1 aromatic carbocycles. The van der Waals surface area contributed by atoms with E-state index in [0.29, 0.717) is 5.56 Å². The van der Waals surface area contributed by atoms with Crippen molar-refractivity contribution in [2.24, 2.45) is 0 Å². The molecule has 0 aliphatic heterocycles. The molecule has 0 bridgehead atoms. The minimum Gasteiger partial charge on any atom is -0.363 e. The topological polar surface area (TPSA) is 61.0 Å². The third kappa shape index (κ3) is 2.72. The van der Waals surface area contributed by atoms with E-state index in [4.69, 9.17) is 0 Å². The van der Waals surface area contributed by atoms with Gasteiger partial charge in [-0.2, -0.15) is 0 Å². The number of rotatable bonds is 3.